The Kier molecular flexibility index (Phi) is 8.63. The molecule has 39 heavy (non-hydrogen) atoms. The maximum atomic E-state index is 14.6. The molecule has 0 atom stereocenters. The molecule has 0 aliphatic rings. The van der Waals surface area contributed by atoms with E-state index in [1.165, 1.54) is 38.2 Å². The van der Waals surface area contributed by atoms with E-state index in [-0.39, 0.29) is 46.9 Å². The van der Waals surface area contributed by atoms with Crippen LogP contribution in [0.2, 0.25) is 0 Å². The minimum absolute atomic E-state index is 0.0133. The lowest BCUT2D eigenvalue weighted by atomic mass is 9.95. The van der Waals surface area contributed by atoms with Gasteiger partial charge in [-0.25, -0.2) is 4.98 Å². The molecule has 3 rings (SSSR count). The molecular formula is C24H25F5N5O4P. The van der Waals surface area contributed by atoms with Crippen molar-refractivity contribution in [1.82, 2.24) is 15.3 Å². The molecule has 0 bridgehead atoms. The van der Waals surface area contributed by atoms with Crippen LogP contribution in [0.15, 0.2) is 42.6 Å². The van der Waals surface area contributed by atoms with E-state index in [1.54, 1.807) is 6.92 Å². The largest absolute Gasteiger partial charge is 0.421 e. The average Bonchev–Trinajstić information content (AvgIpc) is 2.86. The maximum absolute atomic E-state index is 14.6. The van der Waals surface area contributed by atoms with E-state index in [1.807, 2.05) is 0 Å². The van der Waals surface area contributed by atoms with Crippen molar-refractivity contribution < 1.29 is 41.1 Å². The molecule has 15 heteroatoms. The quantitative estimate of drug-likeness (QED) is 0.163. The van der Waals surface area contributed by atoms with E-state index in [0.29, 0.717) is 6.20 Å². The Hall–Kier alpha value is -3.61. The van der Waals surface area contributed by atoms with Gasteiger partial charge in [0.15, 0.2) is 0 Å². The molecule has 210 valence electrons. The van der Waals surface area contributed by atoms with Gasteiger partial charge < -0.3 is 25.7 Å². The lowest BCUT2D eigenvalue weighted by molar-refractivity contribution is -0.137. The van der Waals surface area contributed by atoms with Crippen LogP contribution in [-0.2, 0) is 29.2 Å². The van der Waals surface area contributed by atoms with Gasteiger partial charge in [0.2, 0.25) is 5.95 Å². The summed E-state index contributed by atoms with van der Waals surface area (Å²) in [6.45, 7) is 3.15. The number of carbonyl (C=O) groups excluding carboxylic acids is 1. The van der Waals surface area contributed by atoms with Crippen molar-refractivity contribution in [3.05, 3.63) is 70.4 Å². The van der Waals surface area contributed by atoms with Gasteiger partial charge in [-0.3, -0.25) is 9.36 Å². The average molecular weight is 573 g/mol. The number of hydrogen-bond donors (Lipinski definition) is 5. The Morgan fingerprint density at radius 2 is 1.56 bits per heavy atom. The van der Waals surface area contributed by atoms with Crippen molar-refractivity contribution in [2.75, 3.05) is 17.7 Å². The van der Waals surface area contributed by atoms with Crippen molar-refractivity contribution >= 4 is 36.6 Å². The van der Waals surface area contributed by atoms with Crippen LogP contribution in [0, 0.1) is 0 Å². The highest BCUT2D eigenvalue weighted by molar-refractivity contribution is 7.52. The van der Waals surface area contributed by atoms with Crippen LogP contribution in [-0.4, -0.2) is 32.7 Å². The molecule has 1 amide bonds. The fourth-order valence-corrected chi connectivity index (χ4v) is 4.50. The second kappa shape index (κ2) is 11.2. The number of alkyl halides is 5. The molecule has 2 aromatic carbocycles. The predicted octanol–water partition coefficient (Wildman–Crippen LogP) is 5.69. The molecular weight excluding hydrogens is 548 g/mol. The molecule has 0 fully saturated rings. The van der Waals surface area contributed by atoms with E-state index in [4.69, 9.17) is 0 Å². The molecule has 1 heterocycles. The monoisotopic (exact) mass is 573 g/mol. The Balaban J connectivity index is 2.10. The van der Waals surface area contributed by atoms with E-state index >= 15 is 0 Å². The van der Waals surface area contributed by atoms with Crippen LogP contribution in [0.3, 0.4) is 0 Å². The molecule has 0 saturated carbocycles. The minimum Gasteiger partial charge on any atom is -0.355 e. The van der Waals surface area contributed by atoms with E-state index in [2.05, 4.69) is 25.9 Å². The molecule has 5 N–H and O–H groups in total. The Labute approximate surface area is 220 Å². The Morgan fingerprint density at radius 1 is 0.923 bits per heavy atom. The molecule has 0 aliphatic heterocycles. The number of anilines is 4. The van der Waals surface area contributed by atoms with Gasteiger partial charge in [-0.2, -0.15) is 26.9 Å². The van der Waals surface area contributed by atoms with Crippen LogP contribution in [0.4, 0.5) is 45.1 Å². The third kappa shape index (κ3) is 6.18. The van der Waals surface area contributed by atoms with E-state index < -0.39 is 42.3 Å². The van der Waals surface area contributed by atoms with Gasteiger partial charge in [0, 0.05) is 24.5 Å². The van der Waals surface area contributed by atoms with Crippen LogP contribution in [0.1, 0.15) is 46.5 Å². The van der Waals surface area contributed by atoms with Gasteiger partial charge in [0.05, 0.1) is 11.3 Å². The number of benzene rings is 2. The molecule has 3 aromatic rings. The fourth-order valence-electron chi connectivity index (χ4n) is 3.97. The van der Waals surface area contributed by atoms with E-state index in [0.717, 1.165) is 12.1 Å². The molecule has 0 saturated heterocycles. The zero-order chi connectivity index (χ0) is 29.2. The first-order valence-electron chi connectivity index (χ1n) is 11.5. The summed E-state index contributed by atoms with van der Waals surface area (Å²) in [7, 11) is -4.47. The normalized spacial score (nSPS) is 12.3. The highest BCUT2D eigenvalue weighted by atomic mass is 31.2. The highest BCUT2D eigenvalue weighted by Crippen LogP contribution is 2.60. The number of rotatable bonds is 9. The number of carbonyl (C=O) groups is 1. The summed E-state index contributed by atoms with van der Waals surface area (Å²) in [5, 5.41) is 7.64. The van der Waals surface area contributed by atoms with Gasteiger partial charge in [0.25, 0.3) is 5.91 Å². The number of hydrogen-bond acceptors (Lipinski definition) is 6. The summed E-state index contributed by atoms with van der Waals surface area (Å²) in [6.07, 6.45) is -4.20. The summed E-state index contributed by atoms with van der Waals surface area (Å²) in [6, 6.07) is 7.82. The third-order valence-electron chi connectivity index (χ3n) is 5.82. The summed E-state index contributed by atoms with van der Waals surface area (Å²) in [5.41, 5.74) is -6.02. The van der Waals surface area contributed by atoms with Crippen molar-refractivity contribution in [2.45, 2.75) is 38.5 Å². The molecule has 0 radical (unpaired) electrons. The van der Waals surface area contributed by atoms with Crippen LogP contribution < -0.4 is 16.0 Å². The first-order valence-corrected chi connectivity index (χ1v) is 13.1. The van der Waals surface area contributed by atoms with Gasteiger partial charge in [-0.1, -0.05) is 26.0 Å². The van der Waals surface area contributed by atoms with Crippen LogP contribution in [0.25, 0.3) is 0 Å². The smallest absolute Gasteiger partial charge is 0.355 e. The number of nitrogens with zero attached hydrogens (tertiary/aromatic N) is 2. The standard InChI is InChI=1S/C24H25F5N5O4P/c1-4-13-14(5-2)19(11-10-16(13)24(28,29)39(36,37)38)33-22-31-12-17(23(25,26)27)20(34-22)32-18-9-7-6-8-15(18)21(35)30-3/h6-12H,4-5H2,1-3H3,(H,30,35)(H2,36,37,38)(H2,31,32,33,34). The Bertz CT molecular complexity index is 1430. The summed E-state index contributed by atoms with van der Waals surface area (Å²) < 4.78 is 81.8. The minimum atomic E-state index is -5.84. The van der Waals surface area contributed by atoms with Crippen molar-refractivity contribution in [2.24, 2.45) is 0 Å². The number of para-hydroxylation sites is 1. The summed E-state index contributed by atoms with van der Waals surface area (Å²) >= 11 is 0. The maximum Gasteiger partial charge on any atom is 0.421 e. The Morgan fingerprint density at radius 3 is 2.13 bits per heavy atom. The van der Waals surface area contributed by atoms with Gasteiger partial charge >= 0.3 is 19.4 Å². The topological polar surface area (TPSA) is 136 Å². The number of amides is 1. The summed E-state index contributed by atoms with van der Waals surface area (Å²) in [4.78, 5) is 38.3. The van der Waals surface area contributed by atoms with Crippen LogP contribution in [0.5, 0.6) is 0 Å². The van der Waals surface area contributed by atoms with Crippen molar-refractivity contribution in [1.29, 1.82) is 0 Å². The predicted molar refractivity (Wildman–Crippen MR) is 135 cm³/mol. The molecule has 0 spiro atoms. The van der Waals surface area contributed by atoms with Crippen molar-refractivity contribution in [3.8, 4) is 0 Å². The fraction of sp³-hybridized carbons (Fsp3) is 0.292. The summed E-state index contributed by atoms with van der Waals surface area (Å²) in [5.74, 6) is -1.55. The first kappa shape index (κ1) is 29.9. The van der Waals surface area contributed by atoms with Gasteiger partial charge in [-0.05, 0) is 48.2 Å². The third-order valence-corrected chi connectivity index (χ3v) is 6.79. The molecule has 0 unspecified atom stereocenters. The van der Waals surface area contributed by atoms with Gasteiger partial charge in [-0.15, -0.1) is 0 Å². The first-order chi connectivity index (χ1) is 18.1. The lowest BCUT2D eigenvalue weighted by Crippen LogP contribution is -2.20. The van der Waals surface area contributed by atoms with Gasteiger partial charge in [0.1, 0.15) is 11.4 Å². The second-order valence-corrected chi connectivity index (χ2v) is 9.89. The number of nitrogens with one attached hydrogen (secondary N) is 3. The van der Waals surface area contributed by atoms with E-state index in [9.17, 15) is 41.1 Å². The molecule has 1 aromatic heterocycles. The van der Waals surface area contributed by atoms with Crippen LogP contribution >= 0.6 is 7.60 Å². The zero-order valence-electron chi connectivity index (χ0n) is 20.9. The number of aromatic nitrogens is 2. The lowest BCUT2D eigenvalue weighted by Gasteiger charge is -2.24. The SMILES string of the molecule is CCc1c(Nc2ncc(C(F)(F)F)c(Nc3ccccc3C(=O)NC)n2)ccc(C(F)(F)P(=O)(O)O)c1CC. The molecule has 0 aliphatic carbocycles. The zero-order valence-corrected chi connectivity index (χ0v) is 21.8. The highest BCUT2D eigenvalue weighted by Gasteiger charge is 2.51. The van der Waals surface area contributed by atoms with Crippen molar-refractivity contribution in [3.63, 3.8) is 0 Å². The number of halogens is 5. The molecule has 9 nitrogen and oxygen atoms in total. The second-order valence-electron chi connectivity index (χ2n) is 8.24.